The van der Waals surface area contributed by atoms with Crippen LogP contribution in [0.15, 0.2) is 28.9 Å². The summed E-state index contributed by atoms with van der Waals surface area (Å²) < 4.78 is 10.5. The molecule has 1 aliphatic heterocycles. The number of carbonyl (C=O) groups is 1. The number of hydrogen-bond donors (Lipinski definition) is 1. The van der Waals surface area contributed by atoms with Crippen molar-refractivity contribution >= 4 is 12.0 Å². The summed E-state index contributed by atoms with van der Waals surface area (Å²) in [5.74, 6) is 1.07. The molecular weight excluding hydrogens is 268 g/mol. The second-order valence-corrected chi connectivity index (χ2v) is 5.55. The van der Waals surface area contributed by atoms with E-state index in [0.717, 1.165) is 26.3 Å². The van der Waals surface area contributed by atoms with E-state index in [1.807, 2.05) is 6.07 Å². The van der Waals surface area contributed by atoms with Gasteiger partial charge in [0.05, 0.1) is 19.5 Å². The zero-order valence-electron chi connectivity index (χ0n) is 12.7. The van der Waals surface area contributed by atoms with E-state index in [1.165, 1.54) is 6.08 Å². The number of furan rings is 1. The Kier molecular flexibility index (Phi) is 6.02. The summed E-state index contributed by atoms with van der Waals surface area (Å²) >= 11 is 0. The van der Waals surface area contributed by atoms with Gasteiger partial charge in [-0.15, -0.1) is 0 Å². The van der Waals surface area contributed by atoms with Crippen molar-refractivity contribution in [2.45, 2.75) is 19.9 Å². The summed E-state index contributed by atoms with van der Waals surface area (Å²) in [6.45, 7) is 8.43. The average Bonchev–Trinajstić information content (AvgIpc) is 2.99. The SMILES string of the molecule is CC(C)[C@H](CNC(=O)/C=C/c1ccco1)N1CCOCC1. The van der Waals surface area contributed by atoms with Crippen LogP contribution in [0.4, 0.5) is 0 Å². The lowest BCUT2D eigenvalue weighted by atomic mass is 10.0. The van der Waals surface area contributed by atoms with Gasteiger partial charge in [0.25, 0.3) is 0 Å². The van der Waals surface area contributed by atoms with Gasteiger partial charge in [0.1, 0.15) is 5.76 Å². The number of morpholine rings is 1. The monoisotopic (exact) mass is 292 g/mol. The number of rotatable bonds is 6. The van der Waals surface area contributed by atoms with Crippen LogP contribution >= 0.6 is 0 Å². The predicted molar refractivity (Wildman–Crippen MR) is 81.8 cm³/mol. The largest absolute Gasteiger partial charge is 0.465 e. The molecule has 1 fully saturated rings. The third-order valence-corrected chi connectivity index (χ3v) is 3.71. The van der Waals surface area contributed by atoms with Gasteiger partial charge in [0.2, 0.25) is 5.91 Å². The molecule has 2 heterocycles. The molecule has 1 aliphatic rings. The van der Waals surface area contributed by atoms with Crippen molar-refractivity contribution < 1.29 is 13.9 Å². The number of carbonyl (C=O) groups excluding carboxylic acids is 1. The quantitative estimate of drug-likeness (QED) is 0.812. The lowest BCUT2D eigenvalue weighted by Gasteiger charge is -2.36. The number of hydrogen-bond acceptors (Lipinski definition) is 4. The van der Waals surface area contributed by atoms with Gasteiger partial charge in [-0.3, -0.25) is 9.69 Å². The Morgan fingerprint density at radius 2 is 2.19 bits per heavy atom. The minimum absolute atomic E-state index is 0.0923. The van der Waals surface area contributed by atoms with Crippen LogP contribution in [0.5, 0.6) is 0 Å². The van der Waals surface area contributed by atoms with Gasteiger partial charge in [-0.1, -0.05) is 13.8 Å². The standard InChI is InChI=1S/C16H24N2O3/c1-13(2)15(18-7-10-20-11-8-18)12-17-16(19)6-5-14-4-3-9-21-14/h3-6,9,13,15H,7-8,10-12H2,1-2H3,(H,17,19)/b6-5+/t15-/m0/s1. The molecule has 1 aromatic heterocycles. The minimum atomic E-state index is -0.0923. The Morgan fingerprint density at radius 1 is 1.43 bits per heavy atom. The normalized spacial score (nSPS) is 18.2. The van der Waals surface area contributed by atoms with Gasteiger partial charge in [-0.2, -0.15) is 0 Å². The number of amides is 1. The van der Waals surface area contributed by atoms with Gasteiger partial charge < -0.3 is 14.5 Å². The van der Waals surface area contributed by atoms with E-state index in [-0.39, 0.29) is 5.91 Å². The first-order valence-electron chi connectivity index (χ1n) is 7.48. The van der Waals surface area contributed by atoms with Gasteiger partial charge in [0, 0.05) is 31.8 Å². The third kappa shape index (κ3) is 5.02. The van der Waals surface area contributed by atoms with Crippen LogP contribution in [-0.4, -0.2) is 49.7 Å². The molecule has 2 rings (SSSR count). The minimum Gasteiger partial charge on any atom is -0.465 e. The van der Waals surface area contributed by atoms with E-state index < -0.39 is 0 Å². The molecule has 1 amide bonds. The van der Waals surface area contributed by atoms with Gasteiger partial charge in [0.15, 0.2) is 0 Å². The van der Waals surface area contributed by atoms with Crippen molar-refractivity contribution in [3.05, 3.63) is 30.2 Å². The summed E-state index contributed by atoms with van der Waals surface area (Å²) in [5, 5.41) is 2.97. The lowest BCUT2D eigenvalue weighted by molar-refractivity contribution is -0.116. The van der Waals surface area contributed by atoms with Crippen LogP contribution in [-0.2, 0) is 9.53 Å². The molecule has 5 heteroatoms. The van der Waals surface area contributed by atoms with E-state index in [2.05, 4.69) is 24.1 Å². The van der Waals surface area contributed by atoms with Crippen LogP contribution in [0.3, 0.4) is 0 Å². The maximum absolute atomic E-state index is 11.9. The fourth-order valence-corrected chi connectivity index (χ4v) is 2.50. The first kappa shape index (κ1) is 15.8. The molecule has 0 radical (unpaired) electrons. The Labute approximate surface area is 125 Å². The summed E-state index contributed by atoms with van der Waals surface area (Å²) in [6, 6.07) is 3.95. The third-order valence-electron chi connectivity index (χ3n) is 3.71. The number of nitrogens with zero attached hydrogens (tertiary/aromatic N) is 1. The Balaban J connectivity index is 1.82. The summed E-state index contributed by atoms with van der Waals surface area (Å²) in [7, 11) is 0. The highest BCUT2D eigenvalue weighted by Gasteiger charge is 2.23. The van der Waals surface area contributed by atoms with E-state index in [4.69, 9.17) is 9.15 Å². The fraction of sp³-hybridized carbons (Fsp3) is 0.562. The number of ether oxygens (including phenoxy) is 1. The van der Waals surface area contributed by atoms with Crippen LogP contribution in [0, 0.1) is 5.92 Å². The molecule has 0 bridgehead atoms. The van der Waals surface area contributed by atoms with Crippen molar-refractivity contribution in [1.82, 2.24) is 10.2 Å². The molecule has 1 aromatic rings. The highest BCUT2D eigenvalue weighted by atomic mass is 16.5. The highest BCUT2D eigenvalue weighted by molar-refractivity contribution is 5.91. The molecule has 0 aliphatic carbocycles. The fourth-order valence-electron chi connectivity index (χ4n) is 2.50. The van der Waals surface area contributed by atoms with Gasteiger partial charge >= 0.3 is 0 Å². The molecule has 21 heavy (non-hydrogen) atoms. The van der Waals surface area contributed by atoms with Crippen molar-refractivity contribution in [2.24, 2.45) is 5.92 Å². The van der Waals surface area contributed by atoms with Crippen molar-refractivity contribution in [2.75, 3.05) is 32.8 Å². The molecule has 1 atom stereocenters. The average molecular weight is 292 g/mol. The molecular formula is C16H24N2O3. The molecule has 0 aromatic carbocycles. The van der Waals surface area contributed by atoms with Crippen LogP contribution in [0.2, 0.25) is 0 Å². The van der Waals surface area contributed by atoms with Crippen LogP contribution < -0.4 is 5.32 Å². The highest BCUT2D eigenvalue weighted by Crippen LogP contribution is 2.12. The Bertz CT molecular complexity index is 448. The predicted octanol–water partition coefficient (Wildman–Crippen LogP) is 1.77. The van der Waals surface area contributed by atoms with E-state index >= 15 is 0 Å². The summed E-state index contributed by atoms with van der Waals surface area (Å²) in [6.07, 6.45) is 4.77. The smallest absolute Gasteiger partial charge is 0.244 e. The Morgan fingerprint density at radius 3 is 2.81 bits per heavy atom. The molecule has 1 saturated heterocycles. The van der Waals surface area contributed by atoms with Crippen LogP contribution in [0.25, 0.3) is 6.08 Å². The second kappa shape index (κ2) is 8.00. The molecule has 0 saturated carbocycles. The van der Waals surface area contributed by atoms with Crippen molar-refractivity contribution in [1.29, 1.82) is 0 Å². The molecule has 0 spiro atoms. The van der Waals surface area contributed by atoms with E-state index in [1.54, 1.807) is 18.4 Å². The summed E-state index contributed by atoms with van der Waals surface area (Å²) in [5.41, 5.74) is 0. The first-order valence-corrected chi connectivity index (χ1v) is 7.48. The molecule has 1 N–H and O–H groups in total. The Hall–Kier alpha value is -1.59. The van der Waals surface area contributed by atoms with Gasteiger partial charge in [-0.05, 0) is 24.1 Å². The molecule has 5 nitrogen and oxygen atoms in total. The topological polar surface area (TPSA) is 54.7 Å². The van der Waals surface area contributed by atoms with Crippen molar-refractivity contribution in [3.63, 3.8) is 0 Å². The maximum Gasteiger partial charge on any atom is 0.244 e. The zero-order chi connectivity index (χ0) is 15.1. The van der Waals surface area contributed by atoms with Crippen molar-refractivity contribution in [3.8, 4) is 0 Å². The molecule has 116 valence electrons. The lowest BCUT2D eigenvalue weighted by Crippen LogP contribution is -2.51. The van der Waals surface area contributed by atoms with Gasteiger partial charge in [-0.25, -0.2) is 0 Å². The van der Waals surface area contributed by atoms with E-state index in [0.29, 0.717) is 24.3 Å². The number of nitrogens with one attached hydrogen (secondary N) is 1. The molecule has 0 unspecified atom stereocenters. The maximum atomic E-state index is 11.9. The van der Waals surface area contributed by atoms with Crippen LogP contribution in [0.1, 0.15) is 19.6 Å². The second-order valence-electron chi connectivity index (χ2n) is 5.55. The summed E-state index contributed by atoms with van der Waals surface area (Å²) in [4.78, 5) is 14.3. The first-order chi connectivity index (χ1) is 10.2. The van der Waals surface area contributed by atoms with E-state index in [9.17, 15) is 4.79 Å². The zero-order valence-corrected chi connectivity index (χ0v) is 12.7.